The number of Topliss-reactive ketones (excluding diaryl/α,β-unsaturated/α-hetero) is 1. The lowest BCUT2D eigenvalue weighted by Gasteiger charge is -2.04. The molecule has 0 N–H and O–H groups in total. The number of carbonyl (C=O) groups is 1. The van der Waals surface area contributed by atoms with E-state index in [1.165, 1.54) is 0 Å². The Morgan fingerprint density at radius 3 is 2.82 bits per heavy atom. The molecule has 0 aliphatic rings. The van der Waals surface area contributed by atoms with Crippen LogP contribution in [0.2, 0.25) is 0 Å². The van der Waals surface area contributed by atoms with E-state index in [2.05, 4.69) is 15.2 Å². The molecule has 0 atom stereocenters. The zero-order valence-corrected chi connectivity index (χ0v) is 9.84. The summed E-state index contributed by atoms with van der Waals surface area (Å²) in [5.74, 6) is 0.0495. The number of rotatable bonds is 3. The molecule has 86 valence electrons. The fourth-order valence-corrected chi connectivity index (χ4v) is 1.62. The van der Waals surface area contributed by atoms with Crippen molar-refractivity contribution < 1.29 is 4.79 Å². The highest BCUT2D eigenvalue weighted by Gasteiger charge is 2.11. The molecular formula is C13H13N3O. The van der Waals surface area contributed by atoms with E-state index >= 15 is 0 Å². The summed E-state index contributed by atoms with van der Waals surface area (Å²) in [6.45, 7) is 3.62. The van der Waals surface area contributed by atoms with E-state index in [0.717, 1.165) is 11.3 Å². The zero-order chi connectivity index (χ0) is 12.3. The van der Waals surface area contributed by atoms with Crippen LogP contribution in [0.5, 0.6) is 0 Å². The van der Waals surface area contributed by atoms with Gasteiger partial charge in [-0.15, -0.1) is 0 Å². The Bertz CT molecular complexity index is 538. The molecule has 2 aromatic rings. The predicted molar refractivity (Wildman–Crippen MR) is 63.8 cm³/mol. The summed E-state index contributed by atoms with van der Waals surface area (Å²) in [5, 5.41) is 7.87. The molecule has 0 radical (unpaired) electrons. The predicted octanol–water partition coefficient (Wildman–Crippen LogP) is 1.91. The highest BCUT2D eigenvalue weighted by molar-refractivity contribution is 5.98. The summed E-state index contributed by atoms with van der Waals surface area (Å²) in [6, 6.07) is 5.49. The molecule has 4 heteroatoms. The maximum Gasteiger partial charge on any atom is 0.169 e. The first-order valence-corrected chi connectivity index (χ1v) is 5.40. The van der Waals surface area contributed by atoms with Gasteiger partial charge in [0, 0.05) is 24.4 Å². The van der Waals surface area contributed by atoms with Crippen LogP contribution in [0, 0.1) is 13.8 Å². The number of ketones is 1. The third-order valence-electron chi connectivity index (χ3n) is 2.49. The van der Waals surface area contributed by atoms with E-state index in [1.54, 1.807) is 25.4 Å². The number of pyridine rings is 1. The molecule has 0 saturated heterocycles. The lowest BCUT2D eigenvalue weighted by atomic mass is 10.0. The monoisotopic (exact) mass is 227 g/mol. The van der Waals surface area contributed by atoms with E-state index in [4.69, 9.17) is 0 Å². The minimum atomic E-state index is 0.0495. The highest BCUT2D eigenvalue weighted by Crippen LogP contribution is 2.10. The number of hydrogen-bond acceptors (Lipinski definition) is 4. The van der Waals surface area contributed by atoms with Crippen molar-refractivity contribution in [3.8, 4) is 0 Å². The van der Waals surface area contributed by atoms with Gasteiger partial charge < -0.3 is 0 Å². The van der Waals surface area contributed by atoms with E-state index in [1.807, 2.05) is 19.1 Å². The van der Waals surface area contributed by atoms with E-state index in [-0.39, 0.29) is 5.78 Å². The molecule has 17 heavy (non-hydrogen) atoms. The van der Waals surface area contributed by atoms with E-state index in [9.17, 15) is 4.79 Å². The van der Waals surface area contributed by atoms with Crippen molar-refractivity contribution in [2.24, 2.45) is 0 Å². The van der Waals surface area contributed by atoms with Crippen molar-refractivity contribution in [2.45, 2.75) is 20.3 Å². The fraction of sp³-hybridized carbons (Fsp3) is 0.231. The first-order chi connectivity index (χ1) is 8.16. The number of aryl methyl sites for hydroxylation is 2. The zero-order valence-electron chi connectivity index (χ0n) is 9.84. The first-order valence-electron chi connectivity index (χ1n) is 5.40. The van der Waals surface area contributed by atoms with Crippen molar-refractivity contribution >= 4 is 5.78 Å². The van der Waals surface area contributed by atoms with Gasteiger partial charge in [0.15, 0.2) is 5.78 Å². The Kier molecular flexibility index (Phi) is 3.23. The average molecular weight is 227 g/mol. The van der Waals surface area contributed by atoms with Crippen molar-refractivity contribution in [3.63, 3.8) is 0 Å². The number of carbonyl (C=O) groups excluding carboxylic acids is 1. The number of aromatic nitrogens is 3. The lowest BCUT2D eigenvalue weighted by Crippen LogP contribution is -2.08. The minimum Gasteiger partial charge on any atom is -0.294 e. The van der Waals surface area contributed by atoms with Gasteiger partial charge in [0.1, 0.15) is 0 Å². The average Bonchev–Trinajstić information content (AvgIpc) is 2.33. The van der Waals surface area contributed by atoms with Gasteiger partial charge in [-0.1, -0.05) is 6.07 Å². The Labute approximate surface area is 99.7 Å². The molecule has 0 aliphatic heterocycles. The summed E-state index contributed by atoms with van der Waals surface area (Å²) in [7, 11) is 0. The summed E-state index contributed by atoms with van der Waals surface area (Å²) < 4.78 is 0. The van der Waals surface area contributed by atoms with Crippen molar-refractivity contribution in [1.29, 1.82) is 0 Å². The van der Waals surface area contributed by atoms with Crippen LogP contribution in [-0.2, 0) is 6.42 Å². The van der Waals surface area contributed by atoms with Crippen molar-refractivity contribution in [2.75, 3.05) is 0 Å². The molecule has 0 fully saturated rings. The Hall–Kier alpha value is -2.10. The quantitative estimate of drug-likeness (QED) is 0.752. The molecule has 0 unspecified atom stereocenters. The number of nitrogens with zero attached hydrogens (tertiary/aromatic N) is 3. The lowest BCUT2D eigenvalue weighted by molar-refractivity contribution is 0.0991. The van der Waals surface area contributed by atoms with Crippen LogP contribution < -0.4 is 0 Å². The largest absolute Gasteiger partial charge is 0.294 e. The van der Waals surface area contributed by atoms with Gasteiger partial charge in [-0.2, -0.15) is 10.2 Å². The summed E-state index contributed by atoms with van der Waals surface area (Å²) in [4.78, 5) is 16.1. The van der Waals surface area contributed by atoms with Gasteiger partial charge >= 0.3 is 0 Å². The molecule has 0 aliphatic carbocycles. The van der Waals surface area contributed by atoms with Gasteiger partial charge in [0.05, 0.1) is 11.4 Å². The molecular weight excluding hydrogens is 214 g/mol. The SMILES string of the molecule is Cc1cc(C(=O)Cc2cccnc2)c(C)nn1. The Morgan fingerprint density at radius 1 is 1.29 bits per heavy atom. The minimum absolute atomic E-state index is 0.0495. The second-order valence-electron chi connectivity index (χ2n) is 3.95. The van der Waals surface area contributed by atoms with Gasteiger partial charge in [-0.25, -0.2) is 0 Å². The molecule has 2 aromatic heterocycles. The molecule has 0 bridgehead atoms. The van der Waals surface area contributed by atoms with Gasteiger partial charge in [-0.05, 0) is 31.5 Å². The van der Waals surface area contributed by atoms with Crippen molar-refractivity contribution in [3.05, 3.63) is 53.1 Å². The first kappa shape index (κ1) is 11.4. The smallest absolute Gasteiger partial charge is 0.169 e. The third-order valence-corrected chi connectivity index (χ3v) is 2.49. The normalized spacial score (nSPS) is 10.2. The highest BCUT2D eigenvalue weighted by atomic mass is 16.1. The Balaban J connectivity index is 2.23. The van der Waals surface area contributed by atoms with Crippen LogP contribution in [0.25, 0.3) is 0 Å². The van der Waals surface area contributed by atoms with E-state index in [0.29, 0.717) is 17.7 Å². The standard InChI is InChI=1S/C13H13N3O/c1-9-6-12(10(2)16-15-9)13(17)7-11-4-3-5-14-8-11/h3-6,8H,7H2,1-2H3. The van der Waals surface area contributed by atoms with Crippen LogP contribution in [0.1, 0.15) is 27.3 Å². The topological polar surface area (TPSA) is 55.7 Å². The third kappa shape index (κ3) is 2.72. The van der Waals surface area contributed by atoms with Crippen molar-refractivity contribution in [1.82, 2.24) is 15.2 Å². The van der Waals surface area contributed by atoms with Crippen LogP contribution in [0.4, 0.5) is 0 Å². The molecule has 4 nitrogen and oxygen atoms in total. The molecule has 0 saturated carbocycles. The van der Waals surface area contributed by atoms with Crippen LogP contribution in [0.15, 0.2) is 30.6 Å². The second-order valence-corrected chi connectivity index (χ2v) is 3.95. The van der Waals surface area contributed by atoms with Gasteiger partial charge in [-0.3, -0.25) is 9.78 Å². The summed E-state index contributed by atoms with van der Waals surface area (Å²) in [6.07, 6.45) is 3.74. The fourth-order valence-electron chi connectivity index (χ4n) is 1.62. The van der Waals surface area contributed by atoms with Crippen LogP contribution in [0.3, 0.4) is 0 Å². The summed E-state index contributed by atoms with van der Waals surface area (Å²) >= 11 is 0. The second kappa shape index (κ2) is 4.82. The van der Waals surface area contributed by atoms with Crippen LogP contribution >= 0.6 is 0 Å². The molecule has 2 rings (SSSR count). The van der Waals surface area contributed by atoms with Gasteiger partial charge in [0.2, 0.25) is 0 Å². The molecule has 0 aromatic carbocycles. The molecule has 0 spiro atoms. The summed E-state index contributed by atoms with van der Waals surface area (Å²) in [5.41, 5.74) is 2.97. The van der Waals surface area contributed by atoms with Gasteiger partial charge in [0.25, 0.3) is 0 Å². The Morgan fingerprint density at radius 2 is 2.12 bits per heavy atom. The maximum absolute atomic E-state index is 12.1. The molecule has 2 heterocycles. The molecule has 0 amide bonds. The van der Waals surface area contributed by atoms with E-state index < -0.39 is 0 Å². The number of hydrogen-bond donors (Lipinski definition) is 0. The maximum atomic E-state index is 12.1. The van der Waals surface area contributed by atoms with Crippen LogP contribution in [-0.4, -0.2) is 21.0 Å².